The molecule has 3 aromatic carbocycles. The Morgan fingerprint density at radius 3 is 1.80 bits per heavy atom. The first kappa shape index (κ1) is 17.0. The minimum absolute atomic E-state index is 0.0902. The average Bonchev–Trinajstić information content (AvgIpc) is 2.55. The fourth-order valence-electron chi connectivity index (χ4n) is 2.59. The topological polar surface area (TPSA) is 119 Å². The van der Waals surface area contributed by atoms with Crippen LogP contribution in [-0.2, 0) is 4.57 Å². The summed E-state index contributed by atoms with van der Waals surface area (Å²) < 4.78 is 16.3. The van der Waals surface area contributed by atoms with Crippen molar-refractivity contribution in [3.05, 3.63) is 66.7 Å². The Morgan fingerprint density at radius 1 is 0.760 bits per heavy atom. The van der Waals surface area contributed by atoms with Crippen LogP contribution in [0.2, 0.25) is 0 Å². The molecule has 0 saturated carbocycles. The van der Waals surface area contributed by atoms with Crippen LogP contribution in [0.1, 0.15) is 0 Å². The lowest BCUT2D eigenvalue weighted by molar-refractivity contribution is 0.283. The van der Waals surface area contributed by atoms with E-state index in [1.54, 1.807) is 42.5 Å². The Balaban J connectivity index is 2.24. The van der Waals surface area contributed by atoms with E-state index in [2.05, 4.69) is 0 Å². The molecule has 3 rings (SSSR count). The van der Waals surface area contributed by atoms with Gasteiger partial charge >= 0.3 is 7.82 Å². The molecule has 7 heteroatoms. The lowest BCUT2D eigenvalue weighted by Gasteiger charge is -2.17. The van der Waals surface area contributed by atoms with Crippen molar-refractivity contribution in [2.45, 2.75) is 0 Å². The van der Waals surface area contributed by atoms with Crippen LogP contribution >= 0.6 is 7.82 Å². The van der Waals surface area contributed by atoms with Crippen LogP contribution in [-0.4, -0.2) is 9.79 Å². The molecule has 3 aromatic rings. The predicted octanol–water partition coefficient (Wildman–Crippen LogP) is 3.66. The fourth-order valence-corrected chi connectivity index (χ4v) is 2.99. The van der Waals surface area contributed by atoms with Crippen molar-refractivity contribution in [2.24, 2.45) is 0 Å². The normalized spacial score (nSPS) is 11.3. The van der Waals surface area contributed by atoms with Gasteiger partial charge in [-0.25, -0.2) is 4.57 Å². The number of hydrogen-bond donors (Lipinski definition) is 4. The van der Waals surface area contributed by atoms with E-state index in [1.807, 2.05) is 18.2 Å². The Bertz CT molecular complexity index is 934. The largest absolute Gasteiger partial charge is 0.524 e. The smallest absolute Gasteiger partial charge is 0.404 e. The highest BCUT2D eigenvalue weighted by Gasteiger charge is 2.21. The number of hydrogen-bond acceptors (Lipinski definition) is 4. The Labute approximate surface area is 144 Å². The van der Waals surface area contributed by atoms with Crippen molar-refractivity contribution in [3.8, 4) is 28.0 Å². The first-order chi connectivity index (χ1) is 11.8. The molecule has 0 bridgehead atoms. The van der Waals surface area contributed by atoms with E-state index in [9.17, 15) is 14.4 Å². The van der Waals surface area contributed by atoms with E-state index in [0.29, 0.717) is 16.9 Å². The quantitative estimate of drug-likeness (QED) is 0.418. The number of anilines is 2. The van der Waals surface area contributed by atoms with Gasteiger partial charge in [0.25, 0.3) is 0 Å². The van der Waals surface area contributed by atoms with Gasteiger partial charge in [-0.05, 0) is 47.0 Å². The van der Waals surface area contributed by atoms with E-state index in [1.165, 1.54) is 6.07 Å². The van der Waals surface area contributed by atoms with Crippen LogP contribution < -0.4 is 16.0 Å². The van der Waals surface area contributed by atoms with Gasteiger partial charge in [0.05, 0.1) is 0 Å². The molecule has 0 spiro atoms. The molecule has 6 nitrogen and oxygen atoms in total. The second-order valence-electron chi connectivity index (χ2n) is 5.50. The van der Waals surface area contributed by atoms with Crippen LogP contribution in [0.5, 0.6) is 5.75 Å². The molecule has 0 radical (unpaired) electrons. The van der Waals surface area contributed by atoms with Gasteiger partial charge in [-0.2, -0.15) is 0 Å². The summed E-state index contributed by atoms with van der Waals surface area (Å²) in [6.45, 7) is 0. The summed E-state index contributed by atoms with van der Waals surface area (Å²) in [6, 6.07) is 19.2. The van der Waals surface area contributed by atoms with Crippen molar-refractivity contribution in [2.75, 3.05) is 11.5 Å². The SMILES string of the molecule is Nc1ccc(-c2cccc(OP(=O)(O)O)c2-c2ccc(N)cc2)cc1. The van der Waals surface area contributed by atoms with E-state index in [4.69, 9.17) is 16.0 Å². The van der Waals surface area contributed by atoms with Gasteiger partial charge in [-0.1, -0.05) is 36.4 Å². The monoisotopic (exact) mass is 356 g/mol. The summed E-state index contributed by atoms with van der Waals surface area (Å²) in [7, 11) is -4.71. The molecule has 128 valence electrons. The zero-order valence-electron chi connectivity index (χ0n) is 13.2. The Hall–Kier alpha value is -2.79. The highest BCUT2D eigenvalue weighted by Crippen LogP contribution is 2.46. The molecular formula is C18H17N2O4P. The number of nitrogen functional groups attached to an aromatic ring is 2. The van der Waals surface area contributed by atoms with E-state index in [-0.39, 0.29) is 5.75 Å². The van der Waals surface area contributed by atoms with Crippen LogP contribution in [0.3, 0.4) is 0 Å². The molecule has 0 aliphatic heterocycles. The van der Waals surface area contributed by atoms with Crippen LogP contribution in [0, 0.1) is 0 Å². The van der Waals surface area contributed by atoms with Crippen LogP contribution in [0.25, 0.3) is 22.3 Å². The van der Waals surface area contributed by atoms with Gasteiger partial charge in [-0.3, -0.25) is 9.79 Å². The minimum Gasteiger partial charge on any atom is -0.404 e. The number of rotatable bonds is 4. The minimum atomic E-state index is -4.71. The third-order valence-electron chi connectivity index (χ3n) is 3.66. The third kappa shape index (κ3) is 4.00. The summed E-state index contributed by atoms with van der Waals surface area (Å²) in [6.07, 6.45) is 0. The first-order valence-corrected chi connectivity index (χ1v) is 8.96. The van der Waals surface area contributed by atoms with E-state index >= 15 is 0 Å². The van der Waals surface area contributed by atoms with Crippen molar-refractivity contribution in [1.82, 2.24) is 0 Å². The van der Waals surface area contributed by atoms with Crippen LogP contribution in [0.4, 0.5) is 11.4 Å². The highest BCUT2D eigenvalue weighted by molar-refractivity contribution is 7.46. The molecule has 0 heterocycles. The van der Waals surface area contributed by atoms with E-state index < -0.39 is 7.82 Å². The molecule has 0 aliphatic carbocycles. The van der Waals surface area contributed by atoms with Crippen molar-refractivity contribution in [3.63, 3.8) is 0 Å². The number of benzene rings is 3. The van der Waals surface area contributed by atoms with Gasteiger partial charge in [0.15, 0.2) is 0 Å². The molecule has 0 amide bonds. The van der Waals surface area contributed by atoms with Crippen molar-refractivity contribution >= 4 is 19.2 Å². The summed E-state index contributed by atoms with van der Waals surface area (Å²) in [4.78, 5) is 18.5. The fraction of sp³-hybridized carbons (Fsp3) is 0. The maximum absolute atomic E-state index is 11.4. The Kier molecular flexibility index (Phi) is 4.51. The molecular weight excluding hydrogens is 339 g/mol. The summed E-state index contributed by atoms with van der Waals surface area (Å²) in [5.41, 5.74) is 15.6. The molecule has 0 fully saturated rings. The number of phosphoric ester groups is 1. The molecule has 0 aromatic heterocycles. The number of phosphoric acid groups is 1. The van der Waals surface area contributed by atoms with Gasteiger partial charge in [-0.15, -0.1) is 0 Å². The van der Waals surface area contributed by atoms with Crippen molar-refractivity contribution < 1.29 is 18.9 Å². The maximum Gasteiger partial charge on any atom is 0.524 e. The number of nitrogens with two attached hydrogens (primary N) is 2. The first-order valence-electron chi connectivity index (χ1n) is 7.43. The zero-order chi connectivity index (χ0) is 18.0. The highest BCUT2D eigenvalue weighted by atomic mass is 31.2. The molecule has 0 unspecified atom stereocenters. The van der Waals surface area contributed by atoms with Crippen LogP contribution in [0.15, 0.2) is 66.7 Å². The molecule has 6 N–H and O–H groups in total. The molecule has 25 heavy (non-hydrogen) atoms. The average molecular weight is 356 g/mol. The van der Waals surface area contributed by atoms with Crippen molar-refractivity contribution in [1.29, 1.82) is 0 Å². The van der Waals surface area contributed by atoms with Gasteiger partial charge in [0.2, 0.25) is 0 Å². The summed E-state index contributed by atoms with van der Waals surface area (Å²) in [5, 5.41) is 0. The van der Waals surface area contributed by atoms with Gasteiger partial charge in [0, 0.05) is 16.9 Å². The molecule has 0 aliphatic rings. The molecule has 0 atom stereocenters. The standard InChI is InChI=1S/C18H17N2O4P/c19-14-8-4-12(5-9-14)16-2-1-3-17(24-25(21,22)23)18(16)13-6-10-15(20)11-7-13/h1-11H,19-20H2,(H2,21,22,23). The second-order valence-corrected chi connectivity index (χ2v) is 6.67. The zero-order valence-corrected chi connectivity index (χ0v) is 14.1. The summed E-state index contributed by atoms with van der Waals surface area (Å²) in [5.74, 6) is 0.0902. The predicted molar refractivity (Wildman–Crippen MR) is 98.8 cm³/mol. The maximum atomic E-state index is 11.4. The molecule has 0 saturated heterocycles. The summed E-state index contributed by atoms with van der Waals surface area (Å²) >= 11 is 0. The van der Waals surface area contributed by atoms with Gasteiger partial charge < -0.3 is 16.0 Å². The second kappa shape index (κ2) is 6.61. The van der Waals surface area contributed by atoms with E-state index in [0.717, 1.165) is 16.7 Å². The third-order valence-corrected chi connectivity index (χ3v) is 4.10. The lowest BCUT2D eigenvalue weighted by Crippen LogP contribution is -1.95. The lowest BCUT2D eigenvalue weighted by atomic mass is 9.93. The van der Waals surface area contributed by atoms with Gasteiger partial charge in [0.1, 0.15) is 5.75 Å². The Morgan fingerprint density at radius 2 is 1.28 bits per heavy atom.